The lowest BCUT2D eigenvalue weighted by Gasteiger charge is -2.13. The van der Waals surface area contributed by atoms with E-state index >= 15 is 0 Å². The monoisotopic (exact) mass is 309 g/mol. The molecule has 0 aliphatic carbocycles. The summed E-state index contributed by atoms with van der Waals surface area (Å²) in [7, 11) is -3.46. The van der Waals surface area contributed by atoms with Crippen LogP contribution in [0, 0.1) is 17.8 Å². The third-order valence-electron chi connectivity index (χ3n) is 3.35. The van der Waals surface area contributed by atoms with Crippen molar-refractivity contribution in [2.75, 3.05) is 13.2 Å². The topological polar surface area (TPSA) is 66.4 Å². The number of benzene rings is 1. The minimum absolute atomic E-state index is 0.0272. The van der Waals surface area contributed by atoms with Gasteiger partial charge in [-0.15, -0.1) is 0 Å². The first-order valence-electron chi connectivity index (χ1n) is 7.23. The Balaban J connectivity index is 2.74. The molecule has 2 N–H and O–H groups in total. The third-order valence-corrected chi connectivity index (χ3v) is 4.79. The van der Waals surface area contributed by atoms with Crippen LogP contribution in [0.2, 0.25) is 0 Å². The van der Waals surface area contributed by atoms with E-state index < -0.39 is 10.0 Å². The maximum atomic E-state index is 12.2. The fourth-order valence-corrected chi connectivity index (χ4v) is 2.94. The predicted octanol–water partition coefficient (Wildman–Crippen LogP) is 2.13. The molecule has 0 atom stereocenters. The Morgan fingerprint density at radius 2 is 1.81 bits per heavy atom. The van der Waals surface area contributed by atoms with Crippen LogP contribution in [0.25, 0.3) is 0 Å². The number of rotatable bonds is 7. The van der Waals surface area contributed by atoms with Crippen molar-refractivity contribution in [1.29, 1.82) is 0 Å². The molecule has 0 amide bonds. The van der Waals surface area contributed by atoms with Crippen molar-refractivity contribution in [2.24, 2.45) is 5.92 Å². The van der Waals surface area contributed by atoms with E-state index in [9.17, 15) is 8.42 Å². The van der Waals surface area contributed by atoms with Gasteiger partial charge in [-0.05, 0) is 30.2 Å². The first kappa shape index (κ1) is 17.7. The van der Waals surface area contributed by atoms with Crippen molar-refractivity contribution < 1.29 is 13.5 Å². The molecule has 5 heteroatoms. The molecule has 0 fully saturated rings. The van der Waals surface area contributed by atoms with Gasteiger partial charge < -0.3 is 5.11 Å². The molecule has 0 aromatic heterocycles. The van der Waals surface area contributed by atoms with Crippen LogP contribution in [0.15, 0.2) is 29.2 Å². The minimum atomic E-state index is -3.46. The maximum Gasteiger partial charge on any atom is 0.240 e. The van der Waals surface area contributed by atoms with Gasteiger partial charge in [-0.25, -0.2) is 13.1 Å². The summed E-state index contributed by atoms with van der Waals surface area (Å²) >= 11 is 0. The molecule has 116 valence electrons. The first-order chi connectivity index (χ1) is 10.0. The van der Waals surface area contributed by atoms with Crippen LogP contribution in [0.1, 0.15) is 38.7 Å². The molecule has 0 saturated heterocycles. The fourth-order valence-electron chi connectivity index (χ4n) is 1.83. The molecule has 21 heavy (non-hydrogen) atoms. The lowest BCUT2D eigenvalue weighted by atomic mass is 10.0. The summed E-state index contributed by atoms with van der Waals surface area (Å²) in [5.74, 6) is 6.03. The smallest absolute Gasteiger partial charge is 0.240 e. The Morgan fingerprint density at radius 1 is 1.19 bits per heavy atom. The van der Waals surface area contributed by atoms with Crippen LogP contribution in [0.3, 0.4) is 0 Å². The largest absolute Gasteiger partial charge is 0.395 e. The van der Waals surface area contributed by atoms with E-state index in [0.29, 0.717) is 18.9 Å². The van der Waals surface area contributed by atoms with Crippen LogP contribution < -0.4 is 4.72 Å². The van der Waals surface area contributed by atoms with Gasteiger partial charge in [0.05, 0.1) is 11.5 Å². The molecule has 1 aromatic carbocycles. The Morgan fingerprint density at radius 3 is 2.33 bits per heavy atom. The van der Waals surface area contributed by atoms with Crippen LogP contribution in [-0.4, -0.2) is 26.7 Å². The van der Waals surface area contributed by atoms with Gasteiger partial charge in [0.15, 0.2) is 0 Å². The van der Waals surface area contributed by atoms with E-state index in [1.807, 2.05) is 0 Å². The van der Waals surface area contributed by atoms with Crippen LogP contribution in [-0.2, 0) is 10.0 Å². The van der Waals surface area contributed by atoms with E-state index in [0.717, 1.165) is 18.4 Å². The predicted molar refractivity (Wildman–Crippen MR) is 84.3 cm³/mol. The van der Waals surface area contributed by atoms with Gasteiger partial charge in [0.25, 0.3) is 0 Å². The number of nitrogens with one attached hydrogen (secondary N) is 1. The molecular weight excluding hydrogens is 286 g/mol. The van der Waals surface area contributed by atoms with Gasteiger partial charge in [0.2, 0.25) is 10.0 Å². The normalized spacial score (nSPS) is 11.2. The molecule has 0 aliphatic rings. The average Bonchev–Trinajstić information content (AvgIpc) is 2.49. The highest BCUT2D eigenvalue weighted by Crippen LogP contribution is 2.12. The standard InChI is InChI=1S/C16H23NO3S/c1-3-14(4-2)13-17-21(19,20)16-10-8-15(9-11-16)7-5-6-12-18/h8-11,14,17-18H,3-4,6,12-13H2,1-2H3. The number of sulfonamides is 1. The summed E-state index contributed by atoms with van der Waals surface area (Å²) in [6.45, 7) is 4.61. The van der Waals surface area contributed by atoms with Crippen molar-refractivity contribution in [3.63, 3.8) is 0 Å². The van der Waals surface area contributed by atoms with Gasteiger partial charge >= 0.3 is 0 Å². The van der Waals surface area contributed by atoms with Crippen molar-refractivity contribution in [2.45, 2.75) is 38.0 Å². The van der Waals surface area contributed by atoms with E-state index in [2.05, 4.69) is 30.4 Å². The van der Waals surface area contributed by atoms with Crippen molar-refractivity contribution in [1.82, 2.24) is 4.72 Å². The molecule has 0 unspecified atom stereocenters. The Hall–Kier alpha value is -1.35. The molecule has 1 rings (SSSR count). The Labute approximate surface area is 127 Å². The Bertz CT molecular complexity index is 578. The van der Waals surface area contributed by atoms with E-state index in [1.165, 1.54) is 0 Å². The van der Waals surface area contributed by atoms with Gasteiger partial charge in [0.1, 0.15) is 0 Å². The summed E-state index contributed by atoms with van der Waals surface area (Å²) in [6, 6.07) is 6.46. The summed E-state index contributed by atoms with van der Waals surface area (Å²) < 4.78 is 27.0. The highest BCUT2D eigenvalue weighted by Gasteiger charge is 2.15. The van der Waals surface area contributed by atoms with Crippen molar-refractivity contribution in [3.8, 4) is 11.8 Å². The molecule has 0 saturated carbocycles. The molecule has 1 aromatic rings. The number of aliphatic hydroxyl groups excluding tert-OH is 1. The van der Waals surface area contributed by atoms with E-state index in [1.54, 1.807) is 24.3 Å². The molecule has 0 radical (unpaired) electrons. The van der Waals surface area contributed by atoms with Crippen LogP contribution >= 0.6 is 0 Å². The zero-order valence-corrected chi connectivity index (χ0v) is 13.4. The third kappa shape index (κ3) is 5.88. The van der Waals surface area contributed by atoms with Crippen molar-refractivity contribution >= 4 is 10.0 Å². The molecule has 0 spiro atoms. The van der Waals surface area contributed by atoms with Gasteiger partial charge in [-0.2, -0.15) is 0 Å². The number of hydrogen-bond donors (Lipinski definition) is 2. The molecule has 0 aliphatic heterocycles. The van der Waals surface area contributed by atoms with Crippen molar-refractivity contribution in [3.05, 3.63) is 29.8 Å². The second-order valence-electron chi connectivity index (χ2n) is 4.83. The SMILES string of the molecule is CCC(CC)CNS(=O)(=O)c1ccc(C#CCCO)cc1. The lowest BCUT2D eigenvalue weighted by Crippen LogP contribution is -2.29. The molecular formula is C16H23NO3S. The number of hydrogen-bond acceptors (Lipinski definition) is 3. The van der Waals surface area contributed by atoms with E-state index in [4.69, 9.17) is 5.11 Å². The second-order valence-corrected chi connectivity index (χ2v) is 6.60. The average molecular weight is 309 g/mol. The summed E-state index contributed by atoms with van der Waals surface area (Å²) in [4.78, 5) is 0.251. The molecule has 0 heterocycles. The summed E-state index contributed by atoms with van der Waals surface area (Å²) in [5, 5.41) is 8.65. The highest BCUT2D eigenvalue weighted by molar-refractivity contribution is 7.89. The van der Waals surface area contributed by atoms with Gasteiger partial charge in [0, 0.05) is 18.5 Å². The summed E-state index contributed by atoms with van der Waals surface area (Å²) in [5.41, 5.74) is 0.738. The lowest BCUT2D eigenvalue weighted by molar-refractivity contribution is 0.305. The van der Waals surface area contributed by atoms with Gasteiger partial charge in [-0.1, -0.05) is 38.5 Å². The molecule has 4 nitrogen and oxygen atoms in total. The maximum absolute atomic E-state index is 12.2. The van der Waals surface area contributed by atoms with E-state index in [-0.39, 0.29) is 11.5 Å². The molecule has 0 bridgehead atoms. The van der Waals surface area contributed by atoms with Crippen LogP contribution in [0.4, 0.5) is 0 Å². The minimum Gasteiger partial charge on any atom is -0.395 e. The number of aliphatic hydroxyl groups is 1. The zero-order chi connectivity index (χ0) is 15.7. The Kier molecular flexibility index (Phi) is 7.44. The highest BCUT2D eigenvalue weighted by atomic mass is 32.2. The zero-order valence-electron chi connectivity index (χ0n) is 12.6. The van der Waals surface area contributed by atoms with Gasteiger partial charge in [-0.3, -0.25) is 0 Å². The van der Waals surface area contributed by atoms with Crippen LogP contribution in [0.5, 0.6) is 0 Å². The quantitative estimate of drug-likeness (QED) is 0.758. The second kappa shape index (κ2) is 8.83. The summed E-state index contributed by atoms with van der Waals surface area (Å²) in [6.07, 6.45) is 2.33. The fraction of sp³-hybridized carbons (Fsp3) is 0.500. The first-order valence-corrected chi connectivity index (χ1v) is 8.71.